The number of carbonyl (C=O) groups excluding carboxylic acids is 1. The molecular weight excluding hydrogens is 326 g/mol. The van der Waals surface area contributed by atoms with Crippen LogP contribution in [-0.2, 0) is 14.8 Å². The standard InChI is InChI=1S/C17H27N3O3S/c1-14-10-15(2)12-16(11-14)20-8-7-19(13-17(20)21)6-5-9-24(22,23)18(3)4/h10-12H,5-9,13H2,1-4H3. The summed E-state index contributed by atoms with van der Waals surface area (Å²) < 4.78 is 24.8. The van der Waals surface area contributed by atoms with Crippen molar-refractivity contribution in [2.75, 3.05) is 50.9 Å². The van der Waals surface area contributed by atoms with Crippen molar-refractivity contribution in [3.63, 3.8) is 0 Å². The van der Waals surface area contributed by atoms with Gasteiger partial charge in [-0.05, 0) is 50.1 Å². The molecule has 0 spiro atoms. The van der Waals surface area contributed by atoms with Gasteiger partial charge >= 0.3 is 0 Å². The molecule has 2 rings (SSSR count). The molecule has 1 aromatic rings. The number of amides is 1. The molecule has 1 aromatic carbocycles. The Balaban J connectivity index is 1.90. The third kappa shape index (κ3) is 4.78. The molecule has 24 heavy (non-hydrogen) atoms. The zero-order chi connectivity index (χ0) is 17.9. The van der Waals surface area contributed by atoms with E-state index in [2.05, 4.69) is 6.07 Å². The Bertz CT molecular complexity index is 681. The van der Waals surface area contributed by atoms with Gasteiger partial charge in [-0.2, -0.15) is 0 Å². The molecule has 1 aliphatic heterocycles. The first-order chi connectivity index (χ1) is 11.2. The van der Waals surface area contributed by atoms with Crippen molar-refractivity contribution in [2.45, 2.75) is 20.3 Å². The van der Waals surface area contributed by atoms with Gasteiger partial charge in [-0.1, -0.05) is 6.07 Å². The van der Waals surface area contributed by atoms with Crippen LogP contribution in [0, 0.1) is 13.8 Å². The summed E-state index contributed by atoms with van der Waals surface area (Å²) in [5, 5.41) is 0. The lowest BCUT2D eigenvalue weighted by molar-refractivity contribution is -0.121. The fraction of sp³-hybridized carbons (Fsp3) is 0.588. The van der Waals surface area contributed by atoms with Crippen molar-refractivity contribution >= 4 is 21.6 Å². The van der Waals surface area contributed by atoms with Crippen molar-refractivity contribution in [1.29, 1.82) is 0 Å². The minimum absolute atomic E-state index is 0.0710. The van der Waals surface area contributed by atoms with E-state index >= 15 is 0 Å². The minimum Gasteiger partial charge on any atom is -0.310 e. The highest BCUT2D eigenvalue weighted by atomic mass is 32.2. The Kier molecular flexibility index (Phi) is 6.01. The van der Waals surface area contributed by atoms with Crippen molar-refractivity contribution in [3.05, 3.63) is 29.3 Å². The zero-order valence-electron chi connectivity index (χ0n) is 14.9. The SMILES string of the molecule is Cc1cc(C)cc(N2CCN(CCCS(=O)(=O)N(C)C)CC2=O)c1. The second-order valence-electron chi connectivity index (χ2n) is 6.62. The number of nitrogens with zero attached hydrogens (tertiary/aromatic N) is 3. The molecule has 7 heteroatoms. The summed E-state index contributed by atoms with van der Waals surface area (Å²) in [4.78, 5) is 16.3. The van der Waals surface area contributed by atoms with Crippen LogP contribution in [0.3, 0.4) is 0 Å². The molecule has 1 heterocycles. The molecule has 134 valence electrons. The van der Waals surface area contributed by atoms with Crippen LogP contribution in [0.25, 0.3) is 0 Å². The maximum absolute atomic E-state index is 12.5. The van der Waals surface area contributed by atoms with Gasteiger partial charge in [0.05, 0.1) is 12.3 Å². The fourth-order valence-electron chi connectivity index (χ4n) is 2.95. The maximum atomic E-state index is 12.5. The van der Waals surface area contributed by atoms with E-state index in [0.717, 1.165) is 23.4 Å². The van der Waals surface area contributed by atoms with Gasteiger partial charge in [0.2, 0.25) is 15.9 Å². The second kappa shape index (κ2) is 7.63. The number of hydrogen-bond acceptors (Lipinski definition) is 4. The van der Waals surface area contributed by atoms with E-state index in [4.69, 9.17) is 0 Å². The molecule has 0 unspecified atom stereocenters. The molecule has 0 N–H and O–H groups in total. The van der Waals surface area contributed by atoms with E-state index < -0.39 is 10.0 Å². The van der Waals surface area contributed by atoms with Gasteiger partial charge in [0.1, 0.15) is 0 Å². The highest BCUT2D eigenvalue weighted by Gasteiger charge is 2.25. The first-order valence-corrected chi connectivity index (χ1v) is 9.81. The number of carbonyl (C=O) groups is 1. The van der Waals surface area contributed by atoms with Gasteiger partial charge in [0.25, 0.3) is 0 Å². The fourth-order valence-corrected chi connectivity index (χ4v) is 3.80. The number of piperazine rings is 1. The first kappa shape index (κ1) is 18.9. The molecule has 1 amide bonds. The topological polar surface area (TPSA) is 60.9 Å². The molecule has 0 aromatic heterocycles. The first-order valence-electron chi connectivity index (χ1n) is 8.20. The van der Waals surface area contributed by atoms with E-state index in [1.807, 2.05) is 35.8 Å². The highest BCUT2D eigenvalue weighted by molar-refractivity contribution is 7.89. The number of hydrogen-bond donors (Lipinski definition) is 0. The van der Waals surface area contributed by atoms with Crippen molar-refractivity contribution in [1.82, 2.24) is 9.21 Å². The van der Waals surface area contributed by atoms with Crippen molar-refractivity contribution in [2.24, 2.45) is 0 Å². The normalized spacial score (nSPS) is 16.9. The number of sulfonamides is 1. The second-order valence-corrected chi connectivity index (χ2v) is 8.92. The Morgan fingerprint density at radius 1 is 1.08 bits per heavy atom. The summed E-state index contributed by atoms with van der Waals surface area (Å²) in [5.74, 6) is 0.188. The van der Waals surface area contributed by atoms with E-state index in [1.165, 1.54) is 4.31 Å². The number of anilines is 1. The Morgan fingerprint density at radius 3 is 2.25 bits per heavy atom. The highest BCUT2D eigenvalue weighted by Crippen LogP contribution is 2.21. The van der Waals surface area contributed by atoms with Gasteiger partial charge < -0.3 is 4.90 Å². The van der Waals surface area contributed by atoms with Crippen LogP contribution < -0.4 is 4.90 Å². The monoisotopic (exact) mass is 353 g/mol. The van der Waals surface area contributed by atoms with Crippen molar-refractivity contribution < 1.29 is 13.2 Å². The quantitative estimate of drug-likeness (QED) is 0.772. The van der Waals surface area contributed by atoms with Gasteiger partial charge in [0.15, 0.2) is 0 Å². The number of rotatable bonds is 6. The maximum Gasteiger partial charge on any atom is 0.241 e. The largest absolute Gasteiger partial charge is 0.310 e. The van der Waals surface area contributed by atoms with Crippen LogP contribution in [0.5, 0.6) is 0 Å². The Labute approximate surface area is 145 Å². The predicted octanol–water partition coefficient (Wildman–Crippen LogP) is 1.23. The average Bonchev–Trinajstić information content (AvgIpc) is 2.45. The smallest absolute Gasteiger partial charge is 0.241 e. The van der Waals surface area contributed by atoms with Gasteiger partial charge in [-0.15, -0.1) is 0 Å². The lowest BCUT2D eigenvalue weighted by atomic mass is 10.1. The Hall–Kier alpha value is -1.44. The zero-order valence-corrected chi connectivity index (χ0v) is 15.8. The van der Waals surface area contributed by atoms with E-state index in [0.29, 0.717) is 26.1 Å². The van der Waals surface area contributed by atoms with E-state index in [-0.39, 0.29) is 11.7 Å². The molecule has 0 radical (unpaired) electrons. The minimum atomic E-state index is -3.16. The molecule has 0 atom stereocenters. The molecule has 6 nitrogen and oxygen atoms in total. The molecule has 0 aliphatic carbocycles. The van der Waals surface area contributed by atoms with E-state index in [1.54, 1.807) is 14.1 Å². The van der Waals surface area contributed by atoms with Crippen LogP contribution in [0.1, 0.15) is 17.5 Å². The molecule has 1 aliphatic rings. The summed E-state index contributed by atoms with van der Waals surface area (Å²) in [5.41, 5.74) is 3.25. The molecular formula is C17H27N3O3S. The van der Waals surface area contributed by atoms with Crippen LogP contribution in [0.15, 0.2) is 18.2 Å². The molecule has 0 saturated carbocycles. The van der Waals surface area contributed by atoms with E-state index in [9.17, 15) is 13.2 Å². The lowest BCUT2D eigenvalue weighted by Crippen LogP contribution is -2.50. The lowest BCUT2D eigenvalue weighted by Gasteiger charge is -2.34. The summed E-state index contributed by atoms with van der Waals surface area (Å²) >= 11 is 0. The summed E-state index contributed by atoms with van der Waals surface area (Å²) in [6, 6.07) is 6.16. The third-order valence-electron chi connectivity index (χ3n) is 4.25. The van der Waals surface area contributed by atoms with Crippen LogP contribution in [0.2, 0.25) is 0 Å². The molecule has 1 saturated heterocycles. The van der Waals surface area contributed by atoms with Gasteiger partial charge in [-0.3, -0.25) is 9.69 Å². The summed E-state index contributed by atoms with van der Waals surface area (Å²) in [6.07, 6.45) is 0.539. The average molecular weight is 353 g/mol. The predicted molar refractivity (Wildman–Crippen MR) is 96.8 cm³/mol. The number of benzene rings is 1. The molecule has 1 fully saturated rings. The third-order valence-corrected chi connectivity index (χ3v) is 6.17. The van der Waals surface area contributed by atoms with Crippen LogP contribution in [0.4, 0.5) is 5.69 Å². The van der Waals surface area contributed by atoms with Gasteiger partial charge in [0, 0.05) is 32.9 Å². The number of aryl methyl sites for hydroxylation is 2. The summed E-state index contributed by atoms with van der Waals surface area (Å²) in [6.45, 7) is 6.43. The van der Waals surface area contributed by atoms with Crippen molar-refractivity contribution in [3.8, 4) is 0 Å². The summed E-state index contributed by atoms with van der Waals surface area (Å²) in [7, 11) is -0.0783. The van der Waals surface area contributed by atoms with Crippen LogP contribution >= 0.6 is 0 Å². The van der Waals surface area contributed by atoms with Crippen LogP contribution in [-0.4, -0.2) is 69.6 Å². The Morgan fingerprint density at radius 2 is 1.71 bits per heavy atom. The van der Waals surface area contributed by atoms with Gasteiger partial charge in [-0.25, -0.2) is 12.7 Å². The molecule has 0 bridgehead atoms.